The Balaban J connectivity index is 1.56. The number of hydrogen-bond donors (Lipinski definition) is 1. The normalized spacial score (nSPS) is 21.8. The first-order valence-electron chi connectivity index (χ1n) is 10.2. The summed E-state index contributed by atoms with van der Waals surface area (Å²) >= 11 is 0. The Morgan fingerprint density at radius 3 is 2.66 bits per heavy atom. The second-order valence-electron chi connectivity index (χ2n) is 7.64. The zero-order valence-electron chi connectivity index (χ0n) is 16.7. The first-order valence-corrected chi connectivity index (χ1v) is 10.2. The van der Waals surface area contributed by atoms with Crippen molar-refractivity contribution in [2.24, 2.45) is 5.92 Å². The number of fused-ring (bicyclic) bond motifs is 1. The minimum Gasteiger partial charge on any atom is -0.497 e. The van der Waals surface area contributed by atoms with Gasteiger partial charge in [0.2, 0.25) is 5.91 Å². The standard InChI is InChI=1S/C23H27N3O3/c1-29-19-10-5-9-18(15-19)16-26-21-20(11-6-13-24-21)22(27)25(23(26)28)14-12-17-7-3-2-4-8-17/h2-5,7-10,15,20-21,24H,6,11-14,16H2,1H3. The Kier molecular flexibility index (Phi) is 5.81. The third kappa shape index (κ3) is 4.12. The highest BCUT2D eigenvalue weighted by atomic mass is 16.5. The fourth-order valence-corrected chi connectivity index (χ4v) is 4.25. The van der Waals surface area contributed by atoms with Gasteiger partial charge in [0.15, 0.2) is 0 Å². The molecule has 2 heterocycles. The Morgan fingerprint density at radius 2 is 1.86 bits per heavy atom. The summed E-state index contributed by atoms with van der Waals surface area (Å²) < 4.78 is 5.32. The SMILES string of the molecule is COc1cccc(CN2C(=O)N(CCc3ccccc3)C(=O)C3CCCNC32)c1. The zero-order chi connectivity index (χ0) is 20.2. The van der Waals surface area contributed by atoms with Gasteiger partial charge in [-0.3, -0.25) is 15.0 Å². The van der Waals surface area contributed by atoms with E-state index in [9.17, 15) is 9.59 Å². The van der Waals surface area contributed by atoms with E-state index < -0.39 is 0 Å². The van der Waals surface area contributed by atoms with Crippen LogP contribution in [0.1, 0.15) is 24.0 Å². The smallest absolute Gasteiger partial charge is 0.328 e. The van der Waals surface area contributed by atoms with Crippen LogP contribution < -0.4 is 10.1 Å². The molecule has 0 aromatic heterocycles. The number of nitrogens with one attached hydrogen (secondary N) is 1. The molecule has 3 amide bonds. The molecule has 2 aliphatic rings. The Bertz CT molecular complexity index is 871. The number of nitrogens with zero attached hydrogens (tertiary/aromatic N) is 2. The number of benzene rings is 2. The van der Waals surface area contributed by atoms with Crippen molar-refractivity contribution in [3.63, 3.8) is 0 Å². The number of methoxy groups -OCH3 is 1. The molecular formula is C23H27N3O3. The highest BCUT2D eigenvalue weighted by molar-refractivity contribution is 5.98. The van der Waals surface area contributed by atoms with Crippen LogP contribution in [0.15, 0.2) is 54.6 Å². The molecule has 152 valence electrons. The van der Waals surface area contributed by atoms with Gasteiger partial charge in [0.05, 0.1) is 19.2 Å². The van der Waals surface area contributed by atoms with Crippen molar-refractivity contribution in [2.75, 3.05) is 20.2 Å². The van der Waals surface area contributed by atoms with Crippen LogP contribution in [0, 0.1) is 5.92 Å². The molecule has 0 saturated carbocycles. The van der Waals surface area contributed by atoms with E-state index in [1.165, 1.54) is 4.90 Å². The summed E-state index contributed by atoms with van der Waals surface area (Å²) in [6.07, 6.45) is 2.17. The molecule has 2 unspecified atom stereocenters. The lowest BCUT2D eigenvalue weighted by molar-refractivity contribution is -0.141. The highest BCUT2D eigenvalue weighted by Gasteiger charge is 2.46. The second-order valence-corrected chi connectivity index (χ2v) is 7.64. The van der Waals surface area contributed by atoms with Crippen LogP contribution >= 0.6 is 0 Å². The summed E-state index contributed by atoms with van der Waals surface area (Å²) in [7, 11) is 1.63. The Hall–Kier alpha value is -2.86. The van der Waals surface area contributed by atoms with Crippen molar-refractivity contribution in [2.45, 2.75) is 32.0 Å². The zero-order valence-corrected chi connectivity index (χ0v) is 16.7. The molecule has 6 heteroatoms. The number of piperidine rings is 1. The number of hydrogen-bond acceptors (Lipinski definition) is 4. The van der Waals surface area contributed by atoms with Gasteiger partial charge in [-0.1, -0.05) is 42.5 Å². The molecule has 2 aromatic carbocycles. The van der Waals surface area contributed by atoms with Gasteiger partial charge in [-0.2, -0.15) is 0 Å². The van der Waals surface area contributed by atoms with E-state index in [2.05, 4.69) is 5.32 Å². The molecule has 2 fully saturated rings. The second kappa shape index (κ2) is 8.66. The monoisotopic (exact) mass is 393 g/mol. The van der Waals surface area contributed by atoms with Crippen LogP contribution in [0.4, 0.5) is 4.79 Å². The van der Waals surface area contributed by atoms with Gasteiger partial charge >= 0.3 is 6.03 Å². The van der Waals surface area contributed by atoms with Crippen LogP contribution in [0.25, 0.3) is 0 Å². The predicted octanol–water partition coefficient (Wildman–Crippen LogP) is 3.03. The minimum atomic E-state index is -0.247. The van der Waals surface area contributed by atoms with Crippen molar-refractivity contribution >= 4 is 11.9 Å². The maximum Gasteiger partial charge on any atom is 0.328 e. The largest absolute Gasteiger partial charge is 0.497 e. The van der Waals surface area contributed by atoms with Gasteiger partial charge in [0.1, 0.15) is 5.75 Å². The number of rotatable bonds is 6. The van der Waals surface area contributed by atoms with Crippen LogP contribution in [-0.2, 0) is 17.8 Å². The molecule has 4 rings (SSSR count). The first kappa shape index (κ1) is 19.5. The van der Waals surface area contributed by atoms with Crippen LogP contribution in [0.3, 0.4) is 0 Å². The number of imide groups is 1. The molecule has 6 nitrogen and oxygen atoms in total. The van der Waals surface area contributed by atoms with Gasteiger partial charge in [0, 0.05) is 13.1 Å². The highest BCUT2D eigenvalue weighted by Crippen LogP contribution is 2.30. The van der Waals surface area contributed by atoms with E-state index in [0.717, 1.165) is 36.3 Å². The molecule has 0 spiro atoms. The lowest BCUT2D eigenvalue weighted by Gasteiger charge is -2.47. The van der Waals surface area contributed by atoms with E-state index in [1.807, 2.05) is 59.5 Å². The van der Waals surface area contributed by atoms with E-state index in [-0.39, 0.29) is 24.0 Å². The fraction of sp³-hybridized carbons (Fsp3) is 0.391. The predicted molar refractivity (Wildman–Crippen MR) is 110 cm³/mol. The average molecular weight is 393 g/mol. The van der Waals surface area contributed by atoms with Crippen LogP contribution in [-0.4, -0.2) is 48.1 Å². The van der Waals surface area contributed by atoms with Crippen LogP contribution in [0.2, 0.25) is 0 Å². The van der Waals surface area contributed by atoms with Crippen molar-refractivity contribution < 1.29 is 14.3 Å². The van der Waals surface area contributed by atoms with Gasteiger partial charge < -0.3 is 9.64 Å². The number of carbonyl (C=O) groups excluding carboxylic acids is 2. The molecule has 2 aromatic rings. The van der Waals surface area contributed by atoms with E-state index in [1.54, 1.807) is 7.11 Å². The quantitative estimate of drug-likeness (QED) is 0.820. The summed E-state index contributed by atoms with van der Waals surface area (Å²) in [5.74, 6) is 0.518. The molecule has 0 radical (unpaired) electrons. The summed E-state index contributed by atoms with van der Waals surface area (Å²) in [5, 5.41) is 3.40. The fourth-order valence-electron chi connectivity index (χ4n) is 4.25. The molecule has 29 heavy (non-hydrogen) atoms. The molecule has 2 aliphatic heterocycles. The Labute approximate surface area is 171 Å². The third-order valence-electron chi connectivity index (χ3n) is 5.78. The van der Waals surface area contributed by atoms with Gasteiger partial charge in [-0.05, 0) is 49.1 Å². The van der Waals surface area contributed by atoms with Crippen molar-refractivity contribution in [3.05, 3.63) is 65.7 Å². The lowest BCUT2D eigenvalue weighted by atomic mass is 9.91. The van der Waals surface area contributed by atoms with E-state index in [0.29, 0.717) is 19.5 Å². The average Bonchev–Trinajstić information content (AvgIpc) is 2.77. The summed E-state index contributed by atoms with van der Waals surface area (Å²) in [5.41, 5.74) is 2.11. The van der Waals surface area contributed by atoms with Crippen LogP contribution in [0.5, 0.6) is 5.75 Å². The first-order chi connectivity index (χ1) is 14.2. The van der Waals surface area contributed by atoms with Crippen molar-refractivity contribution in [1.82, 2.24) is 15.1 Å². The molecule has 1 N–H and O–H groups in total. The molecular weight excluding hydrogens is 366 g/mol. The third-order valence-corrected chi connectivity index (χ3v) is 5.78. The number of carbonyl (C=O) groups is 2. The van der Waals surface area contributed by atoms with Crippen molar-refractivity contribution in [3.8, 4) is 5.75 Å². The van der Waals surface area contributed by atoms with E-state index >= 15 is 0 Å². The lowest BCUT2D eigenvalue weighted by Crippen LogP contribution is -2.67. The molecule has 0 bridgehead atoms. The number of urea groups is 1. The maximum atomic E-state index is 13.3. The molecule has 0 aliphatic carbocycles. The van der Waals surface area contributed by atoms with Crippen molar-refractivity contribution in [1.29, 1.82) is 0 Å². The minimum absolute atomic E-state index is 0.0509. The summed E-state index contributed by atoms with van der Waals surface area (Å²) in [4.78, 5) is 29.7. The number of ether oxygens (including phenoxy) is 1. The topological polar surface area (TPSA) is 61.9 Å². The Morgan fingerprint density at radius 1 is 1.07 bits per heavy atom. The van der Waals surface area contributed by atoms with Gasteiger partial charge in [-0.15, -0.1) is 0 Å². The molecule has 2 atom stereocenters. The summed E-state index contributed by atoms with van der Waals surface area (Å²) in [6, 6.07) is 17.5. The van der Waals surface area contributed by atoms with E-state index in [4.69, 9.17) is 4.74 Å². The molecule has 2 saturated heterocycles. The summed E-state index contributed by atoms with van der Waals surface area (Å²) in [6.45, 7) is 1.67. The van der Waals surface area contributed by atoms with Gasteiger partial charge in [-0.25, -0.2) is 4.79 Å². The number of amides is 3. The van der Waals surface area contributed by atoms with Gasteiger partial charge in [0.25, 0.3) is 0 Å². The maximum absolute atomic E-state index is 13.3.